The lowest BCUT2D eigenvalue weighted by Gasteiger charge is -2.12. The molecule has 5 N–H and O–H groups in total. The second-order valence-electron chi connectivity index (χ2n) is 8.99. The highest BCUT2D eigenvalue weighted by molar-refractivity contribution is 8.00. The van der Waals surface area contributed by atoms with E-state index >= 15 is 0 Å². The zero-order chi connectivity index (χ0) is 30.8. The second kappa shape index (κ2) is 14.2. The Kier molecular flexibility index (Phi) is 10.0. The molecule has 12 heteroatoms. The molecule has 0 aliphatic carbocycles. The van der Waals surface area contributed by atoms with Gasteiger partial charge in [0.05, 0.1) is 10.7 Å². The second-order valence-corrected chi connectivity index (χ2v) is 10.0. The van der Waals surface area contributed by atoms with Gasteiger partial charge in [-0.1, -0.05) is 24.3 Å². The first kappa shape index (κ1) is 30.2. The maximum atomic E-state index is 13.3. The predicted octanol–water partition coefficient (Wildman–Crippen LogP) is 4.83. The number of hydrogen-bond acceptors (Lipinski definition) is 7. The van der Waals surface area contributed by atoms with E-state index in [0.29, 0.717) is 33.0 Å². The topological polar surface area (TPSA) is 174 Å². The van der Waals surface area contributed by atoms with E-state index in [2.05, 4.69) is 16.0 Å². The fraction of sp³-hybridized carbons (Fsp3) is 0.0323. The summed E-state index contributed by atoms with van der Waals surface area (Å²) < 4.78 is 0. The number of thioether (sulfide) groups is 1. The van der Waals surface area contributed by atoms with Gasteiger partial charge in [-0.25, -0.2) is 0 Å². The van der Waals surface area contributed by atoms with E-state index in [1.807, 2.05) is 0 Å². The number of hydrogen-bond donors (Lipinski definition) is 4. The highest BCUT2D eigenvalue weighted by Gasteiger charge is 2.16. The summed E-state index contributed by atoms with van der Waals surface area (Å²) in [5.41, 5.74) is 7.10. The number of nitro benzene ring substituents is 1. The first-order chi connectivity index (χ1) is 20.7. The largest absolute Gasteiger partial charge is 0.366 e. The van der Waals surface area contributed by atoms with Crippen LogP contribution in [0.4, 0.5) is 17.1 Å². The van der Waals surface area contributed by atoms with Crippen molar-refractivity contribution in [2.75, 3.05) is 16.4 Å². The monoisotopic (exact) mass is 595 g/mol. The molecule has 4 aromatic rings. The number of rotatable bonds is 11. The molecule has 0 aliphatic heterocycles. The van der Waals surface area contributed by atoms with Gasteiger partial charge in [-0.2, -0.15) is 0 Å². The molecule has 0 heterocycles. The van der Waals surface area contributed by atoms with Crippen molar-refractivity contribution in [2.24, 2.45) is 5.73 Å². The molecule has 4 rings (SSSR count). The third-order valence-corrected chi connectivity index (χ3v) is 6.85. The zero-order valence-corrected chi connectivity index (χ0v) is 23.3. The van der Waals surface area contributed by atoms with Crippen molar-refractivity contribution in [2.45, 2.75) is 4.90 Å². The summed E-state index contributed by atoms with van der Waals surface area (Å²) in [4.78, 5) is 61.0. The summed E-state index contributed by atoms with van der Waals surface area (Å²) in [7, 11) is 0. The Balaban J connectivity index is 1.44. The van der Waals surface area contributed by atoms with Gasteiger partial charge in [0.2, 0.25) is 11.8 Å². The maximum absolute atomic E-state index is 13.3. The van der Waals surface area contributed by atoms with Gasteiger partial charge in [-0.3, -0.25) is 29.3 Å². The number of anilines is 2. The summed E-state index contributed by atoms with van der Waals surface area (Å²) in [5, 5.41) is 19.1. The number of nitro groups is 1. The molecule has 0 saturated heterocycles. The van der Waals surface area contributed by atoms with Crippen LogP contribution in [-0.2, 0) is 9.59 Å². The Bertz CT molecular complexity index is 1690. The van der Waals surface area contributed by atoms with E-state index in [4.69, 9.17) is 5.73 Å². The number of nitrogens with one attached hydrogen (secondary N) is 3. The summed E-state index contributed by atoms with van der Waals surface area (Å²) in [5.74, 6) is -1.89. The molecular weight excluding hydrogens is 570 g/mol. The van der Waals surface area contributed by atoms with Crippen molar-refractivity contribution >= 4 is 58.5 Å². The van der Waals surface area contributed by atoms with Crippen LogP contribution in [0.5, 0.6) is 0 Å². The molecule has 0 bridgehead atoms. The Morgan fingerprint density at radius 3 is 2.14 bits per heavy atom. The van der Waals surface area contributed by atoms with Crippen LogP contribution in [0.25, 0.3) is 6.08 Å². The summed E-state index contributed by atoms with van der Waals surface area (Å²) >= 11 is 1.24. The van der Waals surface area contributed by atoms with E-state index in [1.54, 1.807) is 66.7 Å². The van der Waals surface area contributed by atoms with E-state index in [0.717, 1.165) is 0 Å². The number of benzene rings is 4. The summed E-state index contributed by atoms with van der Waals surface area (Å²) in [6.45, 7) is 0. The Morgan fingerprint density at radius 2 is 1.49 bits per heavy atom. The van der Waals surface area contributed by atoms with Crippen molar-refractivity contribution in [1.82, 2.24) is 5.32 Å². The lowest BCUT2D eigenvalue weighted by atomic mass is 10.1. The molecule has 43 heavy (non-hydrogen) atoms. The lowest BCUT2D eigenvalue weighted by molar-refractivity contribution is -0.384. The van der Waals surface area contributed by atoms with Gasteiger partial charge < -0.3 is 21.7 Å². The van der Waals surface area contributed by atoms with Crippen molar-refractivity contribution in [3.8, 4) is 0 Å². The molecule has 0 saturated carbocycles. The smallest absolute Gasteiger partial charge is 0.272 e. The third kappa shape index (κ3) is 8.87. The van der Waals surface area contributed by atoms with E-state index in [-0.39, 0.29) is 23.0 Å². The number of nitrogens with zero attached hydrogens (tertiary/aromatic N) is 1. The number of carbonyl (C=O) groups excluding carboxylic acids is 4. The number of carbonyl (C=O) groups is 4. The molecule has 0 radical (unpaired) electrons. The predicted molar refractivity (Wildman–Crippen MR) is 164 cm³/mol. The van der Waals surface area contributed by atoms with Crippen LogP contribution in [0.1, 0.15) is 26.3 Å². The van der Waals surface area contributed by atoms with Crippen LogP contribution < -0.4 is 21.7 Å². The minimum absolute atomic E-state index is 0.0768. The molecule has 11 nitrogen and oxygen atoms in total. The maximum Gasteiger partial charge on any atom is 0.272 e. The molecule has 0 spiro atoms. The first-order valence-corrected chi connectivity index (χ1v) is 13.7. The van der Waals surface area contributed by atoms with Gasteiger partial charge in [0.1, 0.15) is 5.70 Å². The van der Waals surface area contributed by atoms with E-state index in [9.17, 15) is 29.3 Å². The third-order valence-electron chi connectivity index (χ3n) is 5.86. The van der Waals surface area contributed by atoms with Crippen LogP contribution in [-0.4, -0.2) is 34.3 Å². The Labute approximate surface area is 250 Å². The van der Waals surface area contributed by atoms with Crippen molar-refractivity contribution < 1.29 is 24.1 Å². The highest BCUT2D eigenvalue weighted by atomic mass is 32.2. The number of nitrogens with two attached hydrogens (primary N) is 1. The average molecular weight is 596 g/mol. The van der Waals surface area contributed by atoms with Crippen LogP contribution in [0.2, 0.25) is 0 Å². The van der Waals surface area contributed by atoms with Gasteiger partial charge in [-0.15, -0.1) is 11.8 Å². The van der Waals surface area contributed by atoms with Gasteiger partial charge in [0.25, 0.3) is 17.5 Å². The van der Waals surface area contributed by atoms with E-state index < -0.39 is 22.6 Å². The van der Waals surface area contributed by atoms with Crippen LogP contribution in [0.3, 0.4) is 0 Å². The number of amides is 4. The van der Waals surface area contributed by atoms with Crippen LogP contribution in [0, 0.1) is 10.1 Å². The van der Waals surface area contributed by atoms with Gasteiger partial charge >= 0.3 is 0 Å². The normalized spacial score (nSPS) is 10.8. The SMILES string of the molecule is NC(=O)c1ccc(NC(=O)CSc2cccc(NC(=O)/C(=C\c3ccc([N+](=O)[O-])cc3)NC(=O)c3ccccc3)c2)cc1. The minimum Gasteiger partial charge on any atom is -0.366 e. The summed E-state index contributed by atoms with van der Waals surface area (Å²) in [6.07, 6.45) is 1.42. The molecule has 0 unspecified atom stereocenters. The fourth-order valence-corrected chi connectivity index (χ4v) is 4.48. The molecule has 4 aromatic carbocycles. The fourth-order valence-electron chi connectivity index (χ4n) is 3.73. The Hall–Kier alpha value is -5.75. The van der Waals surface area contributed by atoms with E-state index in [1.165, 1.54) is 54.2 Å². The molecular formula is C31H25N5O6S. The minimum atomic E-state index is -0.623. The van der Waals surface area contributed by atoms with Crippen molar-refractivity contribution in [1.29, 1.82) is 0 Å². The molecule has 0 aliphatic rings. The lowest BCUT2D eigenvalue weighted by Crippen LogP contribution is -2.30. The standard InChI is InChI=1S/C31H25N5O6S/c32-29(38)21-11-13-23(14-12-21)33-28(37)19-43-26-8-4-7-24(18-26)34-31(40)27(35-30(39)22-5-2-1-3-6-22)17-20-9-15-25(16-10-20)36(41)42/h1-18H,19H2,(H2,32,38)(H,33,37)(H,34,40)(H,35,39)/b27-17+. The van der Waals surface area contributed by atoms with Gasteiger partial charge in [0, 0.05) is 39.5 Å². The van der Waals surface area contributed by atoms with Crippen molar-refractivity contribution in [3.63, 3.8) is 0 Å². The zero-order valence-electron chi connectivity index (χ0n) is 22.5. The highest BCUT2D eigenvalue weighted by Crippen LogP contribution is 2.23. The average Bonchev–Trinajstić information content (AvgIpc) is 3.01. The molecule has 0 fully saturated rings. The van der Waals surface area contributed by atoms with Gasteiger partial charge in [0.15, 0.2) is 0 Å². The van der Waals surface area contributed by atoms with Crippen molar-refractivity contribution in [3.05, 3.63) is 136 Å². The number of primary amides is 1. The molecule has 0 aromatic heterocycles. The van der Waals surface area contributed by atoms with Gasteiger partial charge in [-0.05, 0) is 78.4 Å². The van der Waals surface area contributed by atoms with Crippen LogP contribution in [0.15, 0.2) is 114 Å². The first-order valence-electron chi connectivity index (χ1n) is 12.7. The van der Waals surface area contributed by atoms with Crippen LogP contribution >= 0.6 is 11.8 Å². The summed E-state index contributed by atoms with van der Waals surface area (Å²) in [6, 6.07) is 26.9. The number of non-ortho nitro benzene ring substituents is 1. The quantitative estimate of drug-likeness (QED) is 0.0831. The molecule has 4 amide bonds. The molecule has 216 valence electrons. The Morgan fingerprint density at radius 1 is 0.791 bits per heavy atom. The molecule has 0 atom stereocenters.